The first-order valence-corrected chi connectivity index (χ1v) is 9.00. The lowest BCUT2D eigenvalue weighted by Crippen LogP contribution is -2.69. The summed E-state index contributed by atoms with van der Waals surface area (Å²) in [7, 11) is 0. The van der Waals surface area contributed by atoms with Gasteiger partial charge in [-0.1, -0.05) is 48.0 Å². The molecule has 0 bridgehead atoms. The molecule has 2 N–H and O–H groups in total. The van der Waals surface area contributed by atoms with Gasteiger partial charge < -0.3 is 15.2 Å². The number of carbonyl (C=O) groups excluding carboxylic acids is 2. The van der Waals surface area contributed by atoms with Gasteiger partial charge in [-0.25, -0.2) is 4.79 Å². The van der Waals surface area contributed by atoms with Crippen LogP contribution in [0.2, 0.25) is 0 Å². The highest BCUT2D eigenvalue weighted by Crippen LogP contribution is 2.53. The number of rotatable bonds is 5. The Labute approximate surface area is 165 Å². The lowest BCUT2D eigenvalue weighted by molar-refractivity contribution is -0.280. The molecule has 0 radical (unpaired) electrons. The van der Waals surface area contributed by atoms with E-state index in [0.29, 0.717) is 11.1 Å². The van der Waals surface area contributed by atoms with E-state index in [-0.39, 0.29) is 17.9 Å². The maximum absolute atomic E-state index is 14.3. The van der Waals surface area contributed by atoms with Gasteiger partial charge in [-0.3, -0.25) is 4.79 Å². The van der Waals surface area contributed by atoms with Crippen molar-refractivity contribution in [2.75, 3.05) is 11.9 Å². The Morgan fingerprint density at radius 1 is 1.17 bits per heavy atom. The monoisotopic (exact) mass is 407 g/mol. The minimum absolute atomic E-state index is 0.0979. The van der Waals surface area contributed by atoms with Crippen LogP contribution in [-0.2, 0) is 26.2 Å². The summed E-state index contributed by atoms with van der Waals surface area (Å²) in [6.07, 6.45) is -6.03. The van der Waals surface area contributed by atoms with Crippen LogP contribution in [0, 0.1) is 6.92 Å². The van der Waals surface area contributed by atoms with Crippen LogP contribution in [0.1, 0.15) is 23.6 Å². The van der Waals surface area contributed by atoms with Crippen LogP contribution < -0.4 is 5.32 Å². The number of aliphatic hydroxyl groups is 1. The van der Waals surface area contributed by atoms with E-state index in [1.807, 2.05) is 0 Å². The number of hydrogen-bond acceptors (Lipinski definition) is 4. The first-order chi connectivity index (χ1) is 13.6. The number of carbonyl (C=O) groups is 2. The second-order valence-electron chi connectivity index (χ2n) is 7.00. The first kappa shape index (κ1) is 20.9. The normalized spacial score (nSPS) is 20.6. The van der Waals surface area contributed by atoms with Gasteiger partial charge >= 0.3 is 12.1 Å². The van der Waals surface area contributed by atoms with Crippen LogP contribution in [0.5, 0.6) is 0 Å². The van der Waals surface area contributed by atoms with E-state index in [0.717, 1.165) is 0 Å². The standard InChI is InChI=1S/C21H20F3NO4/c1-3-29-18(27)20(28,21(22,23)24)19(12-14-7-5-4-6-8-14)15-11-13(2)9-10-16(15)25-17(19)26/h4-11,28H,3,12H2,1-2H3,(H,25,26)/t19-,20-/m1/s1. The Morgan fingerprint density at radius 3 is 2.41 bits per heavy atom. The van der Waals surface area contributed by atoms with Gasteiger partial charge in [0.25, 0.3) is 5.60 Å². The molecular weight excluding hydrogens is 387 g/mol. The summed E-state index contributed by atoms with van der Waals surface area (Å²) in [5.74, 6) is -3.03. The minimum atomic E-state index is -5.48. The number of amides is 1. The number of benzene rings is 2. The Morgan fingerprint density at radius 2 is 1.83 bits per heavy atom. The number of alkyl halides is 3. The molecule has 1 amide bonds. The van der Waals surface area contributed by atoms with Crippen molar-refractivity contribution < 1.29 is 32.6 Å². The van der Waals surface area contributed by atoms with E-state index in [9.17, 15) is 27.9 Å². The summed E-state index contributed by atoms with van der Waals surface area (Å²) in [6.45, 7) is 2.58. The van der Waals surface area contributed by atoms with Gasteiger partial charge in [-0.05, 0) is 37.5 Å². The Balaban J connectivity index is 2.36. The lowest BCUT2D eigenvalue weighted by Gasteiger charge is -2.42. The second kappa shape index (κ2) is 7.18. The quantitative estimate of drug-likeness (QED) is 0.746. The van der Waals surface area contributed by atoms with Crippen molar-refractivity contribution >= 4 is 17.6 Å². The minimum Gasteiger partial charge on any atom is -0.464 e. The van der Waals surface area contributed by atoms with Crippen molar-refractivity contribution in [3.05, 3.63) is 65.2 Å². The molecular formula is C21H20F3NO4. The molecule has 2 aromatic rings. The maximum Gasteiger partial charge on any atom is 0.429 e. The van der Waals surface area contributed by atoms with Crippen molar-refractivity contribution in [1.82, 2.24) is 0 Å². The molecule has 0 aliphatic carbocycles. The summed E-state index contributed by atoms with van der Waals surface area (Å²) in [6, 6.07) is 12.4. The molecule has 1 aliphatic rings. The number of nitrogens with one attached hydrogen (secondary N) is 1. The summed E-state index contributed by atoms with van der Waals surface area (Å²) < 4.78 is 47.6. The maximum atomic E-state index is 14.3. The molecule has 8 heteroatoms. The van der Waals surface area contributed by atoms with Crippen molar-refractivity contribution in [2.24, 2.45) is 0 Å². The number of anilines is 1. The third-order valence-electron chi connectivity index (χ3n) is 5.18. The molecule has 0 unspecified atom stereocenters. The number of hydrogen-bond donors (Lipinski definition) is 2. The number of halogens is 3. The Kier molecular flexibility index (Phi) is 5.17. The van der Waals surface area contributed by atoms with Crippen LogP contribution in [0.15, 0.2) is 48.5 Å². The molecule has 0 fully saturated rings. The highest BCUT2D eigenvalue weighted by atomic mass is 19.4. The van der Waals surface area contributed by atoms with Crippen LogP contribution in [-0.4, -0.2) is 35.4 Å². The van der Waals surface area contributed by atoms with E-state index in [2.05, 4.69) is 10.1 Å². The molecule has 1 heterocycles. The smallest absolute Gasteiger partial charge is 0.429 e. The molecule has 5 nitrogen and oxygen atoms in total. The number of fused-ring (bicyclic) bond motifs is 1. The van der Waals surface area contributed by atoms with Gasteiger partial charge in [0.2, 0.25) is 5.91 Å². The summed E-state index contributed by atoms with van der Waals surface area (Å²) in [4.78, 5) is 25.7. The summed E-state index contributed by atoms with van der Waals surface area (Å²) in [5.41, 5.74) is -5.80. The van der Waals surface area contributed by atoms with Crippen LogP contribution in [0.25, 0.3) is 0 Å². The summed E-state index contributed by atoms with van der Waals surface area (Å²) >= 11 is 0. The zero-order valence-corrected chi connectivity index (χ0v) is 15.8. The zero-order chi connectivity index (χ0) is 21.4. The van der Waals surface area contributed by atoms with E-state index >= 15 is 0 Å². The van der Waals surface area contributed by atoms with E-state index < -0.39 is 35.5 Å². The fourth-order valence-electron chi connectivity index (χ4n) is 3.80. The predicted molar refractivity (Wildman–Crippen MR) is 99.3 cm³/mol. The first-order valence-electron chi connectivity index (χ1n) is 9.00. The summed E-state index contributed by atoms with van der Waals surface area (Å²) in [5, 5.41) is 13.4. The van der Waals surface area contributed by atoms with Crippen LogP contribution >= 0.6 is 0 Å². The van der Waals surface area contributed by atoms with Gasteiger partial charge in [0, 0.05) is 5.69 Å². The van der Waals surface area contributed by atoms with E-state index in [4.69, 9.17) is 0 Å². The van der Waals surface area contributed by atoms with E-state index in [1.165, 1.54) is 31.2 Å². The van der Waals surface area contributed by atoms with Gasteiger partial charge in [0.05, 0.1) is 6.61 Å². The average Bonchev–Trinajstić information content (AvgIpc) is 2.93. The Hall–Kier alpha value is -2.87. The van der Waals surface area contributed by atoms with Gasteiger partial charge in [0.1, 0.15) is 5.41 Å². The van der Waals surface area contributed by atoms with Gasteiger partial charge in [-0.15, -0.1) is 0 Å². The lowest BCUT2D eigenvalue weighted by atomic mass is 9.63. The number of esters is 1. The van der Waals surface area contributed by atoms with Crippen molar-refractivity contribution in [1.29, 1.82) is 0 Å². The van der Waals surface area contributed by atoms with Gasteiger partial charge in [-0.2, -0.15) is 13.2 Å². The van der Waals surface area contributed by atoms with Crippen molar-refractivity contribution in [2.45, 2.75) is 37.5 Å². The molecule has 154 valence electrons. The third kappa shape index (κ3) is 3.07. The predicted octanol–water partition coefficient (Wildman–Crippen LogP) is 3.28. The number of ether oxygens (including phenoxy) is 1. The third-order valence-corrected chi connectivity index (χ3v) is 5.18. The number of aryl methyl sites for hydroxylation is 1. The molecule has 0 saturated carbocycles. The van der Waals surface area contributed by atoms with Gasteiger partial charge in [0.15, 0.2) is 0 Å². The topological polar surface area (TPSA) is 75.6 Å². The Bertz CT molecular complexity index is 945. The SMILES string of the molecule is CCOC(=O)[C@](O)(C(F)(F)F)[C@@]1(Cc2ccccc2)C(=O)Nc2ccc(C)cc21. The fourth-order valence-corrected chi connectivity index (χ4v) is 3.80. The highest BCUT2D eigenvalue weighted by Gasteiger charge is 2.77. The zero-order valence-electron chi connectivity index (χ0n) is 15.8. The second-order valence-corrected chi connectivity index (χ2v) is 7.00. The molecule has 3 rings (SSSR count). The highest BCUT2D eigenvalue weighted by molar-refractivity contribution is 6.11. The largest absolute Gasteiger partial charge is 0.464 e. The average molecular weight is 407 g/mol. The van der Waals surface area contributed by atoms with E-state index in [1.54, 1.807) is 31.2 Å². The molecule has 2 aromatic carbocycles. The fraction of sp³-hybridized carbons (Fsp3) is 0.333. The molecule has 1 aliphatic heterocycles. The molecule has 0 aromatic heterocycles. The molecule has 2 atom stereocenters. The molecule has 0 spiro atoms. The van der Waals surface area contributed by atoms with Crippen LogP contribution in [0.3, 0.4) is 0 Å². The molecule has 0 saturated heterocycles. The van der Waals surface area contributed by atoms with Crippen LogP contribution in [0.4, 0.5) is 18.9 Å². The van der Waals surface area contributed by atoms with Crippen molar-refractivity contribution in [3.63, 3.8) is 0 Å². The molecule has 29 heavy (non-hydrogen) atoms. The van der Waals surface area contributed by atoms with Crippen molar-refractivity contribution in [3.8, 4) is 0 Å².